The third-order valence-corrected chi connectivity index (χ3v) is 7.65. The molecule has 124 valence electrons. The lowest BCUT2D eigenvalue weighted by molar-refractivity contribution is 0.0893. The number of aryl methyl sites for hydroxylation is 2. The van der Waals surface area contributed by atoms with Crippen molar-refractivity contribution in [3.8, 4) is 0 Å². The van der Waals surface area contributed by atoms with Crippen LogP contribution in [0.5, 0.6) is 0 Å². The van der Waals surface area contributed by atoms with Gasteiger partial charge in [-0.15, -0.1) is 4.41 Å². The van der Waals surface area contributed by atoms with E-state index in [1.165, 1.54) is 9.42 Å². The van der Waals surface area contributed by atoms with Crippen LogP contribution in [0, 0.1) is 13.8 Å². The highest BCUT2D eigenvalue weighted by atomic mass is 32.2. The summed E-state index contributed by atoms with van der Waals surface area (Å²) in [5, 5.41) is 1.46. The Morgan fingerprint density at radius 3 is 2.32 bits per heavy atom. The Morgan fingerprint density at radius 2 is 1.82 bits per heavy atom. The molecule has 6 nitrogen and oxygen atoms in total. The van der Waals surface area contributed by atoms with E-state index in [9.17, 15) is 16.8 Å². The van der Waals surface area contributed by atoms with Crippen LogP contribution in [-0.4, -0.2) is 57.9 Å². The molecule has 22 heavy (non-hydrogen) atoms. The van der Waals surface area contributed by atoms with Crippen LogP contribution in [0.4, 0.5) is 0 Å². The third kappa shape index (κ3) is 3.34. The average molecular weight is 346 g/mol. The zero-order valence-corrected chi connectivity index (χ0v) is 14.9. The minimum atomic E-state index is -3.79. The van der Waals surface area contributed by atoms with E-state index in [0.29, 0.717) is 12.0 Å². The fourth-order valence-corrected chi connectivity index (χ4v) is 6.57. The van der Waals surface area contributed by atoms with Crippen LogP contribution in [0.3, 0.4) is 0 Å². The van der Waals surface area contributed by atoms with E-state index in [1.54, 1.807) is 33.2 Å². The van der Waals surface area contributed by atoms with Crippen LogP contribution in [0.1, 0.15) is 17.5 Å². The van der Waals surface area contributed by atoms with Gasteiger partial charge in [-0.25, -0.2) is 21.8 Å². The maximum absolute atomic E-state index is 13.0. The monoisotopic (exact) mass is 346 g/mol. The van der Waals surface area contributed by atoms with Gasteiger partial charge in [0.15, 0.2) is 9.84 Å². The third-order valence-electron chi connectivity index (χ3n) is 3.78. The predicted octanol–water partition coefficient (Wildman–Crippen LogP) is 0.958. The number of benzene rings is 1. The Bertz CT molecular complexity index is 770. The average Bonchev–Trinajstić information content (AvgIpc) is 2.71. The first kappa shape index (κ1) is 17.4. The van der Waals surface area contributed by atoms with E-state index < -0.39 is 25.9 Å². The first-order valence-corrected chi connectivity index (χ1v) is 10.3. The summed E-state index contributed by atoms with van der Waals surface area (Å²) in [6.07, 6.45) is 0.324. The Balaban J connectivity index is 2.50. The molecule has 0 saturated carbocycles. The zero-order chi connectivity index (χ0) is 16.7. The minimum absolute atomic E-state index is 0.0321. The van der Waals surface area contributed by atoms with Crippen LogP contribution >= 0.6 is 0 Å². The molecule has 0 radical (unpaired) electrons. The van der Waals surface area contributed by atoms with Gasteiger partial charge in [0.2, 0.25) is 0 Å². The quantitative estimate of drug-likeness (QED) is 0.759. The van der Waals surface area contributed by atoms with E-state index in [-0.39, 0.29) is 16.4 Å². The Labute approximate surface area is 132 Å². The standard InChI is InChI=1S/C14H22N2O4S2/c1-11-5-6-12(2)14(9-11)22(19,20)16(15(3)4)13-7-8-21(17,18)10-13/h5-6,9,13H,7-8,10H2,1-4H3/t13-/m1/s1. The molecule has 1 aromatic carbocycles. The number of sulfonamides is 1. The molecule has 1 saturated heterocycles. The fraction of sp³-hybridized carbons (Fsp3) is 0.571. The molecule has 8 heteroatoms. The van der Waals surface area contributed by atoms with E-state index in [0.717, 1.165) is 5.56 Å². The Morgan fingerprint density at radius 1 is 1.18 bits per heavy atom. The first-order chi connectivity index (χ1) is 10.0. The van der Waals surface area contributed by atoms with Crippen LogP contribution in [0.25, 0.3) is 0 Å². The summed E-state index contributed by atoms with van der Waals surface area (Å²) in [5.41, 5.74) is 1.50. The normalized spacial score (nSPS) is 21.6. The summed E-state index contributed by atoms with van der Waals surface area (Å²) in [6, 6.07) is 4.70. The van der Waals surface area contributed by atoms with Gasteiger partial charge in [0, 0.05) is 14.1 Å². The second-order valence-corrected chi connectivity index (χ2v) is 9.94. The number of nitrogens with zero attached hydrogens (tertiary/aromatic N) is 2. The van der Waals surface area contributed by atoms with Crippen molar-refractivity contribution in [1.29, 1.82) is 0 Å². The molecule has 0 aliphatic carbocycles. The molecule has 1 fully saturated rings. The van der Waals surface area contributed by atoms with E-state index in [1.807, 2.05) is 13.0 Å². The van der Waals surface area contributed by atoms with Crippen LogP contribution < -0.4 is 0 Å². The van der Waals surface area contributed by atoms with Crippen molar-refractivity contribution in [2.24, 2.45) is 0 Å². The number of sulfone groups is 1. The summed E-state index contributed by atoms with van der Waals surface area (Å²) < 4.78 is 50.7. The first-order valence-electron chi connectivity index (χ1n) is 7.04. The highest BCUT2D eigenvalue weighted by molar-refractivity contribution is 7.92. The molecule has 1 aromatic rings. The molecule has 0 unspecified atom stereocenters. The van der Waals surface area contributed by atoms with Crippen molar-refractivity contribution >= 4 is 19.9 Å². The van der Waals surface area contributed by atoms with Crippen LogP contribution in [-0.2, 0) is 19.9 Å². The molecule has 0 N–H and O–H groups in total. The SMILES string of the molecule is Cc1ccc(C)c(S(=O)(=O)N([C@@H]2CCS(=O)(=O)C2)N(C)C)c1. The molecule has 1 heterocycles. The van der Waals surface area contributed by atoms with Crippen molar-refractivity contribution in [2.75, 3.05) is 25.6 Å². The zero-order valence-electron chi connectivity index (χ0n) is 13.3. The van der Waals surface area contributed by atoms with E-state index >= 15 is 0 Å². The van der Waals surface area contributed by atoms with Crippen molar-refractivity contribution in [1.82, 2.24) is 9.42 Å². The molecule has 0 bridgehead atoms. The lowest BCUT2D eigenvalue weighted by Gasteiger charge is -2.33. The van der Waals surface area contributed by atoms with Crippen LogP contribution in [0.15, 0.2) is 23.1 Å². The Hall–Kier alpha value is -0.960. The smallest absolute Gasteiger partial charge is 0.234 e. The largest absolute Gasteiger partial charge is 0.256 e. The van der Waals surface area contributed by atoms with Crippen molar-refractivity contribution in [3.63, 3.8) is 0 Å². The highest BCUT2D eigenvalue weighted by Gasteiger charge is 2.40. The molecule has 1 aliphatic heterocycles. The van der Waals surface area contributed by atoms with Crippen molar-refractivity contribution in [2.45, 2.75) is 31.2 Å². The molecule has 1 atom stereocenters. The maximum Gasteiger partial charge on any atom is 0.256 e. The molecule has 2 rings (SSSR count). The highest BCUT2D eigenvalue weighted by Crippen LogP contribution is 2.27. The van der Waals surface area contributed by atoms with Gasteiger partial charge in [-0.1, -0.05) is 12.1 Å². The van der Waals surface area contributed by atoms with Gasteiger partial charge in [0.1, 0.15) is 0 Å². The van der Waals surface area contributed by atoms with E-state index in [4.69, 9.17) is 0 Å². The number of hydrogen-bond donors (Lipinski definition) is 0. The summed E-state index contributed by atoms with van der Waals surface area (Å²) in [4.78, 5) is 0.227. The van der Waals surface area contributed by atoms with Crippen molar-refractivity contribution in [3.05, 3.63) is 29.3 Å². The predicted molar refractivity (Wildman–Crippen MR) is 85.7 cm³/mol. The summed E-state index contributed by atoms with van der Waals surface area (Å²) in [5.74, 6) is -0.0976. The van der Waals surface area contributed by atoms with Gasteiger partial charge in [-0.05, 0) is 37.5 Å². The maximum atomic E-state index is 13.0. The number of hydrogen-bond acceptors (Lipinski definition) is 5. The molecular weight excluding hydrogens is 324 g/mol. The summed E-state index contributed by atoms with van der Waals surface area (Å²) in [6.45, 7) is 3.57. The lowest BCUT2D eigenvalue weighted by atomic mass is 10.2. The van der Waals surface area contributed by atoms with Gasteiger partial charge in [-0.2, -0.15) is 0 Å². The van der Waals surface area contributed by atoms with Gasteiger partial charge in [0.05, 0.1) is 22.4 Å². The molecular formula is C14H22N2O4S2. The van der Waals surface area contributed by atoms with Gasteiger partial charge in [0.25, 0.3) is 10.0 Å². The van der Waals surface area contributed by atoms with Crippen LogP contribution in [0.2, 0.25) is 0 Å². The number of hydrazine groups is 1. The second-order valence-electron chi connectivity index (χ2n) is 5.95. The van der Waals surface area contributed by atoms with Gasteiger partial charge in [-0.3, -0.25) is 0 Å². The summed E-state index contributed by atoms with van der Waals surface area (Å²) in [7, 11) is -3.72. The Kier molecular flexibility index (Phi) is 4.68. The fourth-order valence-electron chi connectivity index (χ4n) is 2.77. The van der Waals surface area contributed by atoms with E-state index in [2.05, 4.69) is 0 Å². The topological polar surface area (TPSA) is 74.8 Å². The molecule has 0 spiro atoms. The number of rotatable bonds is 4. The van der Waals surface area contributed by atoms with Crippen molar-refractivity contribution < 1.29 is 16.8 Å². The minimum Gasteiger partial charge on any atom is -0.234 e. The van der Waals surface area contributed by atoms with Gasteiger partial charge < -0.3 is 0 Å². The molecule has 0 amide bonds. The lowest BCUT2D eigenvalue weighted by Crippen LogP contribution is -2.49. The summed E-state index contributed by atoms with van der Waals surface area (Å²) >= 11 is 0. The second kappa shape index (κ2) is 5.92. The molecule has 0 aromatic heterocycles. The van der Waals surface area contributed by atoms with Gasteiger partial charge >= 0.3 is 0 Å². The molecule has 1 aliphatic rings.